The molecule has 1 saturated carbocycles. The smallest absolute Gasteiger partial charge is 0.204 e. The summed E-state index contributed by atoms with van der Waals surface area (Å²) < 4.78 is 5.23. The fourth-order valence-corrected chi connectivity index (χ4v) is 3.87. The van der Waals surface area contributed by atoms with Crippen molar-refractivity contribution in [1.29, 1.82) is 0 Å². The van der Waals surface area contributed by atoms with Gasteiger partial charge in [0, 0.05) is 11.5 Å². The van der Waals surface area contributed by atoms with E-state index in [1.807, 2.05) is 12.1 Å². The predicted molar refractivity (Wildman–Crippen MR) is 101 cm³/mol. The van der Waals surface area contributed by atoms with Crippen molar-refractivity contribution in [3.63, 3.8) is 0 Å². The first-order valence-corrected chi connectivity index (χ1v) is 9.43. The van der Waals surface area contributed by atoms with Crippen LogP contribution in [-0.4, -0.2) is 32.5 Å². The third kappa shape index (κ3) is 3.03. The molecule has 26 heavy (non-hydrogen) atoms. The lowest BCUT2D eigenvalue weighted by molar-refractivity contribution is 0.392. The van der Waals surface area contributed by atoms with Gasteiger partial charge >= 0.3 is 0 Å². The molecule has 1 aromatic carbocycles. The molecule has 1 aliphatic carbocycles. The molecule has 0 spiro atoms. The number of benzene rings is 1. The van der Waals surface area contributed by atoms with Crippen molar-refractivity contribution >= 4 is 22.8 Å². The number of hydrogen-bond acceptors (Lipinski definition) is 5. The molecule has 0 amide bonds. The normalized spacial score (nSPS) is 16.6. The lowest BCUT2D eigenvalue weighted by Crippen LogP contribution is -2.13. The number of rotatable bonds is 6. The van der Waals surface area contributed by atoms with Crippen molar-refractivity contribution in [1.82, 2.24) is 25.4 Å². The summed E-state index contributed by atoms with van der Waals surface area (Å²) in [7, 11) is 1.61. The number of hydrogen-bond donors (Lipinski definition) is 1. The Morgan fingerprint density at radius 1 is 1.31 bits per heavy atom. The third-order valence-electron chi connectivity index (χ3n) is 5.36. The number of ether oxygens (including phenoxy) is 1. The first-order valence-electron chi connectivity index (χ1n) is 9.05. The molecule has 136 valence electrons. The highest BCUT2D eigenvalue weighted by Crippen LogP contribution is 2.47. The summed E-state index contributed by atoms with van der Waals surface area (Å²) in [4.78, 5) is 8.25. The van der Waals surface area contributed by atoms with E-state index in [1.54, 1.807) is 13.2 Å². The number of methoxy groups -OCH3 is 1. The zero-order chi connectivity index (χ0) is 18.3. The monoisotopic (exact) mass is 371 g/mol. The number of fused-ring (bicyclic) bond motifs is 1. The van der Waals surface area contributed by atoms with Gasteiger partial charge in [0.25, 0.3) is 0 Å². The molecule has 3 aromatic rings. The van der Waals surface area contributed by atoms with Gasteiger partial charge in [-0.3, -0.25) is 0 Å². The predicted octanol–water partition coefficient (Wildman–Crippen LogP) is 4.62. The maximum absolute atomic E-state index is 6.44. The van der Waals surface area contributed by atoms with E-state index in [9.17, 15) is 0 Å². The van der Waals surface area contributed by atoms with E-state index in [4.69, 9.17) is 21.3 Å². The van der Waals surface area contributed by atoms with Crippen molar-refractivity contribution < 1.29 is 4.74 Å². The van der Waals surface area contributed by atoms with Crippen molar-refractivity contribution in [2.45, 2.75) is 39.0 Å². The second kappa shape index (κ2) is 6.83. The van der Waals surface area contributed by atoms with Crippen molar-refractivity contribution in [3.8, 4) is 17.0 Å². The summed E-state index contributed by atoms with van der Waals surface area (Å²) in [5, 5.41) is 12.8. The average molecular weight is 372 g/mol. The van der Waals surface area contributed by atoms with Crippen molar-refractivity contribution in [2.75, 3.05) is 7.11 Å². The number of aromatic amines is 1. The molecule has 1 N–H and O–H groups in total. The highest BCUT2D eigenvalue weighted by atomic mass is 35.5. The summed E-state index contributed by atoms with van der Waals surface area (Å²) in [5.74, 6) is 3.39. The van der Waals surface area contributed by atoms with Crippen molar-refractivity contribution in [2.24, 2.45) is 11.8 Å². The van der Waals surface area contributed by atoms with Gasteiger partial charge in [-0.25, -0.2) is 4.98 Å². The summed E-state index contributed by atoms with van der Waals surface area (Å²) >= 11 is 6.44. The minimum absolute atomic E-state index is 0.424. The maximum atomic E-state index is 6.44. The summed E-state index contributed by atoms with van der Waals surface area (Å²) in [5.41, 5.74) is 2.83. The van der Waals surface area contributed by atoms with E-state index in [0.29, 0.717) is 39.9 Å². The van der Waals surface area contributed by atoms with Crippen LogP contribution in [-0.2, 0) is 0 Å². The molecule has 1 fully saturated rings. The Labute approximate surface area is 157 Å². The molecular weight excluding hydrogens is 350 g/mol. The molecule has 0 bridgehead atoms. The summed E-state index contributed by atoms with van der Waals surface area (Å²) in [6, 6.07) is 5.52. The molecule has 0 radical (unpaired) electrons. The van der Waals surface area contributed by atoms with Crippen molar-refractivity contribution in [3.05, 3.63) is 29.0 Å². The van der Waals surface area contributed by atoms with Crippen LogP contribution in [0, 0.1) is 11.8 Å². The van der Waals surface area contributed by atoms with E-state index in [0.717, 1.165) is 23.3 Å². The highest BCUT2D eigenvalue weighted by molar-refractivity contribution is 6.33. The van der Waals surface area contributed by atoms with E-state index in [1.165, 1.54) is 12.8 Å². The lowest BCUT2D eigenvalue weighted by Gasteiger charge is -2.20. The third-order valence-corrected chi connectivity index (χ3v) is 5.67. The number of H-pyrrole nitrogens is 1. The minimum Gasteiger partial charge on any atom is -0.497 e. The van der Waals surface area contributed by atoms with Crippen LogP contribution in [0.3, 0.4) is 0 Å². The second-order valence-corrected chi connectivity index (χ2v) is 7.46. The number of nitrogens with one attached hydrogen (secondary N) is 1. The second-order valence-electron chi connectivity index (χ2n) is 7.05. The molecule has 4 rings (SSSR count). The lowest BCUT2D eigenvalue weighted by atomic mass is 9.87. The van der Waals surface area contributed by atoms with Gasteiger partial charge in [0.15, 0.2) is 0 Å². The van der Waals surface area contributed by atoms with E-state index in [-0.39, 0.29) is 0 Å². The van der Waals surface area contributed by atoms with Crippen LogP contribution in [0.15, 0.2) is 18.2 Å². The number of halogens is 1. The Morgan fingerprint density at radius 2 is 2.12 bits per heavy atom. The first kappa shape index (κ1) is 17.2. The minimum atomic E-state index is 0.424. The summed E-state index contributed by atoms with van der Waals surface area (Å²) in [6.07, 6.45) is 3.67. The van der Waals surface area contributed by atoms with Crippen LogP contribution in [0.5, 0.6) is 5.75 Å². The van der Waals surface area contributed by atoms with Crippen LogP contribution in [0.25, 0.3) is 22.4 Å². The molecule has 7 heteroatoms. The van der Waals surface area contributed by atoms with Gasteiger partial charge < -0.3 is 9.72 Å². The van der Waals surface area contributed by atoms with Gasteiger partial charge in [-0.05, 0) is 48.1 Å². The van der Waals surface area contributed by atoms with Crippen LogP contribution in [0.2, 0.25) is 5.02 Å². The van der Waals surface area contributed by atoms with E-state index < -0.39 is 0 Å². The quantitative estimate of drug-likeness (QED) is 0.684. The zero-order valence-electron chi connectivity index (χ0n) is 15.2. The Morgan fingerprint density at radius 3 is 2.77 bits per heavy atom. The topological polar surface area (TPSA) is 76.6 Å². The molecule has 2 aromatic heterocycles. The Balaban J connectivity index is 1.81. The Bertz CT molecular complexity index is 937. The molecule has 0 saturated heterocycles. The van der Waals surface area contributed by atoms with Crippen LogP contribution >= 0.6 is 11.6 Å². The summed E-state index contributed by atoms with van der Waals surface area (Å²) in [6.45, 7) is 4.52. The molecule has 2 unspecified atom stereocenters. The fourth-order valence-electron chi connectivity index (χ4n) is 3.61. The maximum Gasteiger partial charge on any atom is 0.204 e. The van der Waals surface area contributed by atoms with Gasteiger partial charge in [-0.1, -0.05) is 31.9 Å². The molecule has 1 aliphatic rings. The van der Waals surface area contributed by atoms with Gasteiger partial charge in [0.05, 0.1) is 12.1 Å². The Kier molecular flexibility index (Phi) is 4.53. The SMILES string of the molecule is CCC(C)C(c1nc2nnnc(-c3ccc(OC)cc3Cl)c2[nH]1)C1CC1. The van der Waals surface area contributed by atoms with E-state index in [2.05, 4.69) is 34.2 Å². The highest BCUT2D eigenvalue weighted by Gasteiger charge is 2.37. The molecule has 2 atom stereocenters. The number of aromatic nitrogens is 5. The van der Waals surface area contributed by atoms with Crippen LogP contribution < -0.4 is 4.74 Å². The standard InChI is InChI=1S/C19H22ClN5O/c1-4-10(2)15(11-5-6-11)18-21-17-16(23-25-24-19(17)22-18)13-8-7-12(26-3)9-14(13)20/h7-11,15H,4-6H2,1-3H3,(H,21,22,23,24). The number of imidazole rings is 1. The van der Waals surface area contributed by atoms with Gasteiger partial charge in [-0.2, -0.15) is 0 Å². The van der Waals surface area contributed by atoms with Crippen LogP contribution in [0.1, 0.15) is 44.9 Å². The molecular formula is C19H22ClN5O. The molecule has 2 heterocycles. The number of nitrogens with zero attached hydrogens (tertiary/aromatic N) is 4. The largest absolute Gasteiger partial charge is 0.497 e. The molecule has 6 nitrogen and oxygen atoms in total. The van der Waals surface area contributed by atoms with Gasteiger partial charge in [0.1, 0.15) is 22.8 Å². The van der Waals surface area contributed by atoms with Gasteiger partial charge in [0.2, 0.25) is 5.65 Å². The first-order chi connectivity index (χ1) is 12.6. The van der Waals surface area contributed by atoms with Crippen LogP contribution in [0.4, 0.5) is 0 Å². The molecule has 0 aliphatic heterocycles. The zero-order valence-corrected chi connectivity index (χ0v) is 15.9. The fraction of sp³-hybridized carbons (Fsp3) is 0.474. The van der Waals surface area contributed by atoms with Gasteiger partial charge in [-0.15, -0.1) is 10.2 Å². The van der Waals surface area contributed by atoms with E-state index >= 15 is 0 Å². The average Bonchev–Trinajstić information content (AvgIpc) is 3.38. The Hall–Kier alpha value is -2.21.